The van der Waals surface area contributed by atoms with Gasteiger partial charge < -0.3 is 4.90 Å². The lowest BCUT2D eigenvalue weighted by Gasteiger charge is -2.49. The molecule has 2 heterocycles. The van der Waals surface area contributed by atoms with Crippen molar-refractivity contribution in [2.24, 2.45) is 7.05 Å². The first-order chi connectivity index (χ1) is 11.5. The Morgan fingerprint density at radius 2 is 2.00 bits per heavy atom. The molecule has 0 spiro atoms. The lowest BCUT2D eigenvalue weighted by atomic mass is 9.74. The molecule has 1 aromatic carbocycles. The van der Waals surface area contributed by atoms with Crippen LogP contribution in [0.2, 0.25) is 0 Å². The highest BCUT2D eigenvalue weighted by Gasteiger charge is 2.45. The number of amides is 1. The third-order valence-electron chi connectivity index (χ3n) is 5.45. The maximum Gasteiger partial charge on any atom is 0.230 e. The Kier molecular flexibility index (Phi) is 3.48. The van der Waals surface area contributed by atoms with E-state index >= 15 is 0 Å². The summed E-state index contributed by atoms with van der Waals surface area (Å²) >= 11 is 0. The number of rotatable bonds is 2. The van der Waals surface area contributed by atoms with Crippen molar-refractivity contribution in [2.75, 3.05) is 13.1 Å². The van der Waals surface area contributed by atoms with E-state index in [9.17, 15) is 9.18 Å². The van der Waals surface area contributed by atoms with E-state index in [1.54, 1.807) is 0 Å². The molecule has 1 saturated heterocycles. The second-order valence-corrected chi connectivity index (χ2v) is 7.41. The fourth-order valence-electron chi connectivity index (χ4n) is 4.13. The summed E-state index contributed by atoms with van der Waals surface area (Å²) in [7, 11) is 1.91. The van der Waals surface area contributed by atoms with Gasteiger partial charge in [0.25, 0.3) is 0 Å². The standard InChI is InChI=1S/C19H22FN3O/c1-19(13-6-8-14(20)9-7-13)11-23(12-19)18(24)15-4-3-5-17-16(15)10-22(2)21-17/h6-10,15H,3-5,11-12H2,1-2H3. The summed E-state index contributed by atoms with van der Waals surface area (Å²) in [6, 6.07) is 6.65. The molecule has 0 N–H and O–H groups in total. The minimum absolute atomic E-state index is 0.0554. The van der Waals surface area contributed by atoms with Crippen molar-refractivity contribution in [3.05, 3.63) is 53.1 Å². The average molecular weight is 327 g/mol. The Hall–Kier alpha value is -2.17. The Morgan fingerprint density at radius 3 is 2.71 bits per heavy atom. The van der Waals surface area contributed by atoms with Crippen LogP contribution in [0, 0.1) is 5.82 Å². The summed E-state index contributed by atoms with van der Waals surface area (Å²) in [4.78, 5) is 14.9. The molecule has 0 saturated carbocycles. The molecule has 1 unspecified atom stereocenters. The summed E-state index contributed by atoms with van der Waals surface area (Å²) in [6.45, 7) is 3.54. The predicted octanol–water partition coefficient (Wildman–Crippen LogP) is 2.78. The van der Waals surface area contributed by atoms with Gasteiger partial charge in [-0.2, -0.15) is 5.10 Å². The smallest absolute Gasteiger partial charge is 0.230 e. The summed E-state index contributed by atoms with van der Waals surface area (Å²) in [5, 5.41) is 4.48. The largest absolute Gasteiger partial charge is 0.340 e. The van der Waals surface area contributed by atoms with Crippen LogP contribution in [0.15, 0.2) is 30.5 Å². The van der Waals surface area contributed by atoms with Crippen molar-refractivity contribution in [3.8, 4) is 0 Å². The molecule has 0 bridgehead atoms. The van der Waals surface area contributed by atoms with E-state index in [0.29, 0.717) is 13.1 Å². The van der Waals surface area contributed by atoms with E-state index in [1.807, 2.05) is 35.0 Å². The highest BCUT2D eigenvalue weighted by atomic mass is 19.1. The first-order valence-electron chi connectivity index (χ1n) is 8.53. The van der Waals surface area contributed by atoms with E-state index in [0.717, 1.165) is 36.1 Å². The van der Waals surface area contributed by atoms with E-state index in [1.165, 1.54) is 12.1 Å². The van der Waals surface area contributed by atoms with Crippen molar-refractivity contribution in [1.82, 2.24) is 14.7 Å². The summed E-state index contributed by atoms with van der Waals surface area (Å²) < 4.78 is 14.9. The topological polar surface area (TPSA) is 38.1 Å². The number of carbonyl (C=O) groups is 1. The fraction of sp³-hybridized carbons (Fsp3) is 0.474. The third-order valence-corrected chi connectivity index (χ3v) is 5.45. The van der Waals surface area contributed by atoms with Gasteiger partial charge in [-0.15, -0.1) is 0 Å². The fourth-order valence-corrected chi connectivity index (χ4v) is 4.13. The minimum Gasteiger partial charge on any atom is -0.340 e. The number of benzene rings is 1. The van der Waals surface area contributed by atoms with Gasteiger partial charge in [-0.25, -0.2) is 4.39 Å². The van der Waals surface area contributed by atoms with Gasteiger partial charge in [0, 0.05) is 37.3 Å². The van der Waals surface area contributed by atoms with Gasteiger partial charge in [0.05, 0.1) is 11.6 Å². The molecular formula is C19H22FN3O. The maximum atomic E-state index is 13.1. The van der Waals surface area contributed by atoms with Crippen LogP contribution in [0.5, 0.6) is 0 Å². The molecule has 2 aliphatic rings. The SMILES string of the molecule is Cn1cc2c(n1)CCCC2C(=O)N1CC(C)(c2ccc(F)cc2)C1. The number of aromatic nitrogens is 2. The Balaban J connectivity index is 1.49. The van der Waals surface area contributed by atoms with Crippen LogP contribution in [0.4, 0.5) is 4.39 Å². The molecule has 1 aliphatic heterocycles. The van der Waals surface area contributed by atoms with Gasteiger partial charge in [0.2, 0.25) is 5.91 Å². The van der Waals surface area contributed by atoms with Crippen molar-refractivity contribution in [3.63, 3.8) is 0 Å². The molecule has 4 rings (SSSR count). The number of aryl methyl sites for hydroxylation is 2. The normalized spacial score (nSPS) is 22.0. The molecule has 2 aromatic rings. The van der Waals surface area contributed by atoms with Crippen molar-refractivity contribution in [2.45, 2.75) is 37.5 Å². The molecule has 0 radical (unpaired) electrons. The zero-order valence-electron chi connectivity index (χ0n) is 14.1. The van der Waals surface area contributed by atoms with Gasteiger partial charge in [-0.05, 0) is 37.0 Å². The highest BCUT2D eigenvalue weighted by Crippen LogP contribution is 2.39. The van der Waals surface area contributed by atoms with Crippen molar-refractivity contribution in [1.29, 1.82) is 0 Å². The Bertz CT molecular complexity index is 774. The first kappa shape index (κ1) is 15.4. The van der Waals surface area contributed by atoms with Crippen LogP contribution in [0.3, 0.4) is 0 Å². The number of nitrogens with zero attached hydrogens (tertiary/aromatic N) is 3. The average Bonchev–Trinajstić information content (AvgIpc) is 2.92. The molecule has 1 fully saturated rings. The lowest BCUT2D eigenvalue weighted by molar-refractivity contribution is -0.140. The number of carbonyl (C=O) groups excluding carboxylic acids is 1. The zero-order chi connectivity index (χ0) is 16.9. The summed E-state index contributed by atoms with van der Waals surface area (Å²) in [5.41, 5.74) is 3.20. The molecule has 5 heteroatoms. The first-order valence-corrected chi connectivity index (χ1v) is 8.53. The predicted molar refractivity (Wildman–Crippen MR) is 89.2 cm³/mol. The monoisotopic (exact) mass is 327 g/mol. The summed E-state index contributed by atoms with van der Waals surface area (Å²) in [6.07, 6.45) is 4.88. The van der Waals surface area contributed by atoms with Crippen LogP contribution in [0.25, 0.3) is 0 Å². The number of hydrogen-bond acceptors (Lipinski definition) is 2. The van der Waals surface area contributed by atoms with Gasteiger partial charge in [0.15, 0.2) is 0 Å². The number of fused-ring (bicyclic) bond motifs is 1. The number of halogens is 1. The van der Waals surface area contributed by atoms with Gasteiger partial charge in [0.1, 0.15) is 5.82 Å². The van der Waals surface area contributed by atoms with E-state index in [4.69, 9.17) is 0 Å². The van der Waals surface area contributed by atoms with Gasteiger partial charge >= 0.3 is 0 Å². The number of likely N-dealkylation sites (tertiary alicyclic amines) is 1. The van der Waals surface area contributed by atoms with Crippen molar-refractivity contribution >= 4 is 5.91 Å². The molecule has 1 aliphatic carbocycles. The maximum absolute atomic E-state index is 13.1. The van der Waals surface area contributed by atoms with E-state index in [2.05, 4.69) is 12.0 Å². The lowest BCUT2D eigenvalue weighted by Crippen LogP contribution is -2.60. The van der Waals surface area contributed by atoms with Crippen LogP contribution in [0.1, 0.15) is 42.5 Å². The Labute approximate surface area is 141 Å². The second-order valence-electron chi connectivity index (χ2n) is 7.41. The molecule has 126 valence electrons. The van der Waals surface area contributed by atoms with E-state index in [-0.39, 0.29) is 23.1 Å². The number of hydrogen-bond donors (Lipinski definition) is 0. The van der Waals surface area contributed by atoms with Crippen molar-refractivity contribution < 1.29 is 9.18 Å². The molecule has 24 heavy (non-hydrogen) atoms. The van der Waals surface area contributed by atoms with Crippen LogP contribution >= 0.6 is 0 Å². The third kappa shape index (κ3) is 2.43. The molecule has 1 atom stereocenters. The van der Waals surface area contributed by atoms with Gasteiger partial charge in [-0.3, -0.25) is 9.48 Å². The van der Waals surface area contributed by atoms with Crippen LogP contribution < -0.4 is 0 Å². The zero-order valence-corrected chi connectivity index (χ0v) is 14.1. The quantitative estimate of drug-likeness (QED) is 0.851. The second kappa shape index (κ2) is 5.43. The summed E-state index contributed by atoms with van der Waals surface area (Å²) in [5.74, 6) is -0.0651. The van der Waals surface area contributed by atoms with Crippen LogP contribution in [-0.2, 0) is 23.7 Å². The molecule has 4 nitrogen and oxygen atoms in total. The minimum atomic E-state index is -0.221. The van der Waals surface area contributed by atoms with E-state index < -0.39 is 0 Å². The van der Waals surface area contributed by atoms with Crippen LogP contribution in [-0.4, -0.2) is 33.7 Å². The molecular weight excluding hydrogens is 305 g/mol. The highest BCUT2D eigenvalue weighted by molar-refractivity contribution is 5.85. The molecule has 1 amide bonds. The molecule has 1 aromatic heterocycles. The van der Waals surface area contributed by atoms with Gasteiger partial charge in [-0.1, -0.05) is 19.1 Å². The Morgan fingerprint density at radius 1 is 1.29 bits per heavy atom.